The van der Waals surface area contributed by atoms with Crippen LogP contribution < -0.4 is 10.6 Å². The molecule has 1 saturated carbocycles. The summed E-state index contributed by atoms with van der Waals surface area (Å²) in [4.78, 5) is 14.0. The molecule has 0 radical (unpaired) electrons. The minimum atomic E-state index is -0.411. The van der Waals surface area contributed by atoms with Gasteiger partial charge in [0.05, 0.1) is 0 Å². The van der Waals surface area contributed by atoms with Gasteiger partial charge in [0.1, 0.15) is 5.60 Å². The Morgan fingerprint density at radius 3 is 2.65 bits per heavy atom. The fraction of sp³-hybridized carbons (Fsp3) is 0.933. The number of carbonyl (C=O) groups excluding carboxylic acids is 1. The molecular formula is C15H29N3O2. The predicted octanol–water partition coefficient (Wildman–Crippen LogP) is 1.73. The zero-order valence-corrected chi connectivity index (χ0v) is 13.1. The minimum Gasteiger partial charge on any atom is -0.444 e. The van der Waals surface area contributed by atoms with Crippen LogP contribution in [0.25, 0.3) is 0 Å². The SMILES string of the molecule is CC(C)(C)OC(=O)N(CCNCC1CCCN1)C1CC1. The van der Waals surface area contributed by atoms with Crippen molar-refractivity contribution in [3.63, 3.8) is 0 Å². The molecule has 0 bridgehead atoms. The maximum absolute atomic E-state index is 12.2. The lowest BCUT2D eigenvalue weighted by Gasteiger charge is -2.27. The smallest absolute Gasteiger partial charge is 0.410 e. The molecule has 1 amide bonds. The molecule has 5 nitrogen and oxygen atoms in total. The van der Waals surface area contributed by atoms with Crippen LogP contribution in [0.3, 0.4) is 0 Å². The zero-order chi connectivity index (χ0) is 14.6. The molecule has 0 aromatic carbocycles. The highest BCUT2D eigenvalue weighted by Crippen LogP contribution is 2.27. The molecule has 20 heavy (non-hydrogen) atoms. The summed E-state index contributed by atoms with van der Waals surface area (Å²) in [6.07, 6.45) is 4.59. The van der Waals surface area contributed by atoms with Crippen molar-refractivity contribution < 1.29 is 9.53 Å². The van der Waals surface area contributed by atoms with E-state index in [1.165, 1.54) is 12.8 Å². The van der Waals surface area contributed by atoms with E-state index in [0.717, 1.165) is 39.0 Å². The van der Waals surface area contributed by atoms with E-state index in [4.69, 9.17) is 4.74 Å². The van der Waals surface area contributed by atoms with Gasteiger partial charge >= 0.3 is 6.09 Å². The Bertz CT molecular complexity index is 318. The first-order valence-corrected chi connectivity index (χ1v) is 7.89. The fourth-order valence-corrected chi connectivity index (χ4v) is 2.54. The Morgan fingerprint density at radius 2 is 2.10 bits per heavy atom. The number of hydrogen-bond donors (Lipinski definition) is 2. The van der Waals surface area contributed by atoms with Crippen LogP contribution >= 0.6 is 0 Å². The van der Waals surface area contributed by atoms with E-state index in [1.54, 1.807) is 0 Å². The number of nitrogens with zero attached hydrogens (tertiary/aromatic N) is 1. The molecule has 1 unspecified atom stereocenters. The monoisotopic (exact) mass is 283 g/mol. The predicted molar refractivity (Wildman–Crippen MR) is 79.9 cm³/mol. The zero-order valence-electron chi connectivity index (χ0n) is 13.1. The number of rotatable bonds is 6. The molecule has 2 fully saturated rings. The molecule has 2 aliphatic rings. The number of ether oxygens (including phenoxy) is 1. The lowest BCUT2D eigenvalue weighted by Crippen LogP contribution is -2.43. The highest BCUT2D eigenvalue weighted by molar-refractivity contribution is 5.69. The van der Waals surface area contributed by atoms with Crippen LogP contribution in [-0.4, -0.2) is 54.9 Å². The van der Waals surface area contributed by atoms with Gasteiger partial charge in [-0.3, -0.25) is 0 Å². The van der Waals surface area contributed by atoms with Crippen molar-refractivity contribution in [3.05, 3.63) is 0 Å². The number of nitrogens with one attached hydrogen (secondary N) is 2. The first-order chi connectivity index (χ1) is 9.46. The van der Waals surface area contributed by atoms with Crippen LogP contribution in [0.1, 0.15) is 46.5 Å². The van der Waals surface area contributed by atoms with Gasteiger partial charge in [-0.2, -0.15) is 0 Å². The van der Waals surface area contributed by atoms with Gasteiger partial charge in [-0.1, -0.05) is 0 Å². The molecule has 1 heterocycles. The second kappa shape index (κ2) is 6.76. The molecule has 5 heteroatoms. The molecule has 0 aromatic heterocycles. The van der Waals surface area contributed by atoms with E-state index < -0.39 is 5.60 Å². The Morgan fingerprint density at radius 1 is 1.35 bits per heavy atom. The topological polar surface area (TPSA) is 53.6 Å². The average molecular weight is 283 g/mol. The number of amides is 1. The van der Waals surface area contributed by atoms with Crippen molar-refractivity contribution in [2.75, 3.05) is 26.2 Å². The van der Waals surface area contributed by atoms with Crippen LogP contribution in [0.15, 0.2) is 0 Å². The van der Waals surface area contributed by atoms with Crippen molar-refractivity contribution >= 4 is 6.09 Å². The van der Waals surface area contributed by atoms with E-state index in [9.17, 15) is 4.79 Å². The summed E-state index contributed by atoms with van der Waals surface area (Å²) < 4.78 is 5.48. The van der Waals surface area contributed by atoms with E-state index >= 15 is 0 Å². The van der Waals surface area contributed by atoms with Gasteiger partial charge in [-0.05, 0) is 53.0 Å². The van der Waals surface area contributed by atoms with Gasteiger partial charge in [0.2, 0.25) is 0 Å². The third-order valence-corrected chi connectivity index (χ3v) is 3.70. The van der Waals surface area contributed by atoms with Gasteiger partial charge in [0, 0.05) is 31.7 Å². The molecule has 2 rings (SSSR count). The van der Waals surface area contributed by atoms with Crippen molar-refractivity contribution in [3.8, 4) is 0 Å². The fourth-order valence-electron chi connectivity index (χ4n) is 2.54. The molecular weight excluding hydrogens is 254 g/mol. The normalized spacial score (nSPS) is 22.9. The van der Waals surface area contributed by atoms with Crippen molar-refractivity contribution in [2.24, 2.45) is 0 Å². The summed E-state index contributed by atoms with van der Waals surface area (Å²) >= 11 is 0. The first kappa shape index (κ1) is 15.6. The second-order valence-corrected chi connectivity index (χ2v) is 6.90. The lowest BCUT2D eigenvalue weighted by atomic mass is 10.2. The summed E-state index contributed by atoms with van der Waals surface area (Å²) in [5, 5.41) is 6.91. The molecule has 1 aliphatic heterocycles. The van der Waals surface area contributed by atoms with Crippen LogP contribution in [-0.2, 0) is 4.74 Å². The van der Waals surface area contributed by atoms with Crippen LogP contribution in [0.5, 0.6) is 0 Å². The molecule has 0 aromatic rings. The number of carbonyl (C=O) groups is 1. The quantitative estimate of drug-likeness (QED) is 0.729. The highest BCUT2D eigenvalue weighted by Gasteiger charge is 2.34. The van der Waals surface area contributed by atoms with E-state index in [1.807, 2.05) is 25.7 Å². The van der Waals surface area contributed by atoms with Crippen LogP contribution in [0.2, 0.25) is 0 Å². The molecule has 1 aliphatic carbocycles. The maximum atomic E-state index is 12.2. The largest absolute Gasteiger partial charge is 0.444 e. The molecule has 2 N–H and O–H groups in total. The standard InChI is InChI=1S/C15H29N3O2/c1-15(2,3)20-14(19)18(13-6-7-13)10-9-16-11-12-5-4-8-17-12/h12-13,16-17H,4-11H2,1-3H3. The van der Waals surface area contributed by atoms with Gasteiger partial charge in [0.25, 0.3) is 0 Å². The van der Waals surface area contributed by atoms with Gasteiger partial charge in [-0.25, -0.2) is 4.79 Å². The van der Waals surface area contributed by atoms with Gasteiger partial charge in [0.15, 0.2) is 0 Å². The Balaban J connectivity index is 1.68. The van der Waals surface area contributed by atoms with Gasteiger partial charge in [-0.15, -0.1) is 0 Å². The first-order valence-electron chi connectivity index (χ1n) is 7.89. The Labute approximate surface area is 122 Å². The molecule has 1 saturated heterocycles. The minimum absolute atomic E-state index is 0.166. The van der Waals surface area contributed by atoms with Crippen LogP contribution in [0.4, 0.5) is 4.79 Å². The summed E-state index contributed by atoms with van der Waals surface area (Å²) in [6.45, 7) is 9.46. The lowest BCUT2D eigenvalue weighted by molar-refractivity contribution is 0.0236. The summed E-state index contributed by atoms with van der Waals surface area (Å²) in [5.41, 5.74) is -0.411. The third-order valence-electron chi connectivity index (χ3n) is 3.70. The molecule has 116 valence electrons. The van der Waals surface area contributed by atoms with Crippen LogP contribution in [0, 0.1) is 0 Å². The molecule has 1 atom stereocenters. The van der Waals surface area contributed by atoms with Crippen molar-refractivity contribution in [1.29, 1.82) is 0 Å². The summed E-state index contributed by atoms with van der Waals surface area (Å²) in [5.74, 6) is 0. The van der Waals surface area contributed by atoms with Gasteiger partial charge < -0.3 is 20.3 Å². The highest BCUT2D eigenvalue weighted by atomic mass is 16.6. The maximum Gasteiger partial charge on any atom is 0.410 e. The Hall–Kier alpha value is -0.810. The van der Waals surface area contributed by atoms with E-state index in [-0.39, 0.29) is 6.09 Å². The summed E-state index contributed by atoms with van der Waals surface area (Å²) in [6, 6.07) is 1.00. The van der Waals surface area contributed by atoms with Crippen molar-refractivity contribution in [2.45, 2.75) is 64.1 Å². The van der Waals surface area contributed by atoms with E-state index in [0.29, 0.717) is 12.1 Å². The third kappa shape index (κ3) is 5.29. The Kier molecular flexibility index (Phi) is 5.27. The van der Waals surface area contributed by atoms with E-state index in [2.05, 4.69) is 10.6 Å². The average Bonchev–Trinajstić information content (AvgIpc) is 3.03. The summed E-state index contributed by atoms with van der Waals surface area (Å²) in [7, 11) is 0. The molecule has 0 spiro atoms. The second-order valence-electron chi connectivity index (χ2n) is 6.90. The van der Waals surface area contributed by atoms with Crippen molar-refractivity contribution in [1.82, 2.24) is 15.5 Å². The number of hydrogen-bond acceptors (Lipinski definition) is 4.